The number of aliphatic imine (C=N–C) groups is 1. The zero-order valence-electron chi connectivity index (χ0n) is 12.2. The Morgan fingerprint density at radius 3 is 2.62 bits per heavy atom. The van der Waals surface area contributed by atoms with Crippen LogP contribution in [0.5, 0.6) is 5.75 Å². The second-order valence-corrected chi connectivity index (χ2v) is 7.20. The van der Waals surface area contributed by atoms with Crippen LogP contribution in [-0.4, -0.2) is 12.3 Å². The van der Waals surface area contributed by atoms with Gasteiger partial charge in [-0.05, 0) is 85.3 Å². The van der Waals surface area contributed by atoms with Crippen LogP contribution in [0.4, 0.5) is 5.69 Å². The van der Waals surface area contributed by atoms with Crippen molar-refractivity contribution in [2.75, 3.05) is 0 Å². The lowest BCUT2D eigenvalue weighted by atomic mass is 10.2. The van der Waals surface area contributed by atoms with E-state index in [1.165, 1.54) is 9.13 Å². The monoisotopic (exact) mass is 457 g/mol. The summed E-state index contributed by atoms with van der Waals surface area (Å²) in [7, 11) is 0. The SMILES string of the molecule is Cc1cc(I)ccc1N=Cc1cc(Br)ccc1OC(C)C. The summed E-state index contributed by atoms with van der Waals surface area (Å²) in [4.78, 5) is 4.60. The molecule has 0 saturated carbocycles. The Balaban J connectivity index is 2.33. The maximum absolute atomic E-state index is 5.82. The molecule has 0 amide bonds. The van der Waals surface area contributed by atoms with Crippen molar-refractivity contribution in [3.63, 3.8) is 0 Å². The van der Waals surface area contributed by atoms with Crippen molar-refractivity contribution in [3.05, 3.63) is 55.6 Å². The predicted octanol–water partition coefficient (Wildman–Crippen LogP) is 5.90. The summed E-state index contributed by atoms with van der Waals surface area (Å²) in [6.07, 6.45) is 2.00. The molecule has 2 aromatic carbocycles. The Bertz CT molecular complexity index is 668. The molecule has 0 saturated heterocycles. The van der Waals surface area contributed by atoms with Crippen molar-refractivity contribution in [3.8, 4) is 5.75 Å². The maximum Gasteiger partial charge on any atom is 0.128 e. The van der Waals surface area contributed by atoms with Gasteiger partial charge < -0.3 is 4.74 Å². The van der Waals surface area contributed by atoms with Crippen molar-refractivity contribution < 1.29 is 4.74 Å². The van der Waals surface area contributed by atoms with Crippen LogP contribution < -0.4 is 4.74 Å². The lowest BCUT2D eigenvalue weighted by molar-refractivity contribution is 0.242. The summed E-state index contributed by atoms with van der Waals surface area (Å²) in [5.74, 6) is 0.847. The standard InChI is InChI=1S/C17H17BrINO/c1-11(2)21-17-7-4-14(18)9-13(17)10-20-16-6-5-15(19)8-12(16)3/h4-11H,1-3H3. The second kappa shape index (κ2) is 7.40. The number of ether oxygens (including phenoxy) is 1. The Kier molecular flexibility index (Phi) is 5.81. The molecule has 0 spiro atoms. The third kappa shape index (κ3) is 4.81. The molecular formula is C17H17BrINO. The highest BCUT2D eigenvalue weighted by molar-refractivity contribution is 14.1. The minimum atomic E-state index is 0.137. The molecule has 2 aromatic rings. The molecule has 2 nitrogen and oxygen atoms in total. The van der Waals surface area contributed by atoms with Crippen LogP contribution in [0, 0.1) is 10.5 Å². The number of rotatable bonds is 4. The largest absolute Gasteiger partial charge is 0.490 e. The number of aryl methyl sites for hydroxylation is 1. The van der Waals surface area contributed by atoms with Crippen LogP contribution >= 0.6 is 38.5 Å². The number of hydrogen-bond acceptors (Lipinski definition) is 2. The number of benzene rings is 2. The van der Waals surface area contributed by atoms with E-state index in [1.807, 2.05) is 44.3 Å². The van der Waals surface area contributed by atoms with Crippen molar-refractivity contribution >= 4 is 50.4 Å². The first-order chi connectivity index (χ1) is 9.95. The summed E-state index contributed by atoms with van der Waals surface area (Å²) >= 11 is 5.80. The van der Waals surface area contributed by atoms with Gasteiger partial charge in [-0.1, -0.05) is 15.9 Å². The van der Waals surface area contributed by atoms with Crippen molar-refractivity contribution in [2.45, 2.75) is 26.9 Å². The molecule has 0 aliphatic carbocycles. The summed E-state index contributed by atoms with van der Waals surface area (Å²) in [6, 6.07) is 12.2. The number of nitrogens with zero attached hydrogens (tertiary/aromatic N) is 1. The highest BCUT2D eigenvalue weighted by Gasteiger charge is 2.05. The average Bonchev–Trinajstić information content (AvgIpc) is 2.40. The summed E-state index contributed by atoms with van der Waals surface area (Å²) in [5.41, 5.74) is 3.11. The third-order valence-electron chi connectivity index (χ3n) is 2.84. The lowest BCUT2D eigenvalue weighted by Gasteiger charge is -2.12. The van der Waals surface area contributed by atoms with Crippen LogP contribution in [0.3, 0.4) is 0 Å². The molecule has 0 N–H and O–H groups in total. The Morgan fingerprint density at radius 1 is 1.19 bits per heavy atom. The van der Waals surface area contributed by atoms with E-state index in [1.54, 1.807) is 0 Å². The van der Waals surface area contributed by atoms with E-state index < -0.39 is 0 Å². The van der Waals surface area contributed by atoms with E-state index in [0.717, 1.165) is 21.5 Å². The summed E-state index contributed by atoms with van der Waals surface area (Å²) in [6.45, 7) is 6.11. The third-order valence-corrected chi connectivity index (χ3v) is 4.00. The van der Waals surface area contributed by atoms with E-state index in [-0.39, 0.29) is 6.10 Å². The maximum atomic E-state index is 5.82. The molecule has 21 heavy (non-hydrogen) atoms. The highest BCUT2D eigenvalue weighted by atomic mass is 127. The minimum absolute atomic E-state index is 0.137. The van der Waals surface area contributed by atoms with Gasteiger partial charge in [0.1, 0.15) is 5.75 Å². The summed E-state index contributed by atoms with van der Waals surface area (Å²) in [5, 5.41) is 0. The molecule has 0 aliphatic heterocycles. The van der Waals surface area contributed by atoms with Crippen LogP contribution in [-0.2, 0) is 0 Å². The molecule has 0 aliphatic rings. The van der Waals surface area contributed by atoms with Gasteiger partial charge in [0.15, 0.2) is 0 Å². The minimum Gasteiger partial charge on any atom is -0.490 e. The fourth-order valence-electron chi connectivity index (χ4n) is 1.88. The quantitative estimate of drug-likeness (QED) is 0.413. The fourth-order valence-corrected chi connectivity index (χ4v) is 2.91. The normalized spacial score (nSPS) is 11.3. The van der Waals surface area contributed by atoms with E-state index in [9.17, 15) is 0 Å². The zero-order valence-corrected chi connectivity index (χ0v) is 16.0. The molecule has 0 unspecified atom stereocenters. The molecule has 2 rings (SSSR count). The fraction of sp³-hybridized carbons (Fsp3) is 0.235. The second-order valence-electron chi connectivity index (χ2n) is 5.04. The van der Waals surface area contributed by atoms with Gasteiger partial charge >= 0.3 is 0 Å². The van der Waals surface area contributed by atoms with Crippen molar-refractivity contribution in [1.82, 2.24) is 0 Å². The van der Waals surface area contributed by atoms with Crippen LogP contribution in [0.2, 0.25) is 0 Å². The Morgan fingerprint density at radius 2 is 1.95 bits per heavy atom. The van der Waals surface area contributed by atoms with E-state index in [2.05, 4.69) is 62.6 Å². The zero-order chi connectivity index (χ0) is 15.4. The van der Waals surface area contributed by atoms with Crippen molar-refractivity contribution in [1.29, 1.82) is 0 Å². The average molecular weight is 458 g/mol. The molecule has 0 radical (unpaired) electrons. The molecule has 0 fully saturated rings. The van der Waals surface area contributed by atoms with Crippen molar-refractivity contribution in [2.24, 2.45) is 4.99 Å². The summed E-state index contributed by atoms with van der Waals surface area (Å²) < 4.78 is 8.06. The van der Waals surface area contributed by atoms with Gasteiger partial charge in [0.05, 0.1) is 11.8 Å². The molecule has 0 atom stereocenters. The van der Waals surface area contributed by atoms with Gasteiger partial charge in [-0.2, -0.15) is 0 Å². The molecule has 110 valence electrons. The first-order valence-corrected chi connectivity index (χ1v) is 8.59. The number of hydrogen-bond donors (Lipinski definition) is 0. The molecule has 0 aromatic heterocycles. The van der Waals surface area contributed by atoms with Gasteiger partial charge in [-0.25, -0.2) is 0 Å². The predicted molar refractivity (Wildman–Crippen MR) is 101 cm³/mol. The number of halogens is 2. The molecule has 4 heteroatoms. The Hall–Kier alpha value is -0.880. The van der Waals surface area contributed by atoms with Crippen LogP contribution in [0.25, 0.3) is 0 Å². The van der Waals surface area contributed by atoms with Gasteiger partial charge in [-0.3, -0.25) is 4.99 Å². The van der Waals surface area contributed by atoms with Gasteiger partial charge in [0, 0.05) is 19.8 Å². The topological polar surface area (TPSA) is 21.6 Å². The molecule has 0 heterocycles. The first-order valence-electron chi connectivity index (χ1n) is 6.72. The molecule has 0 bridgehead atoms. The molecular weight excluding hydrogens is 441 g/mol. The smallest absolute Gasteiger partial charge is 0.128 e. The van der Waals surface area contributed by atoms with E-state index in [4.69, 9.17) is 4.74 Å². The van der Waals surface area contributed by atoms with E-state index >= 15 is 0 Å². The first kappa shape index (κ1) is 16.5. The Labute approximate surface area is 147 Å². The van der Waals surface area contributed by atoms with Crippen LogP contribution in [0.1, 0.15) is 25.0 Å². The van der Waals surface area contributed by atoms with Gasteiger partial charge in [0.25, 0.3) is 0 Å². The van der Waals surface area contributed by atoms with Gasteiger partial charge in [0.2, 0.25) is 0 Å². The van der Waals surface area contributed by atoms with Gasteiger partial charge in [-0.15, -0.1) is 0 Å². The van der Waals surface area contributed by atoms with E-state index in [0.29, 0.717) is 0 Å². The lowest BCUT2D eigenvalue weighted by Crippen LogP contribution is -2.07. The van der Waals surface area contributed by atoms with Crippen LogP contribution in [0.15, 0.2) is 45.9 Å². The highest BCUT2D eigenvalue weighted by Crippen LogP contribution is 2.25.